The molecule has 1 fully saturated rings. The third kappa shape index (κ3) is 5.71. The van der Waals surface area contributed by atoms with Crippen molar-refractivity contribution >= 4 is 6.03 Å². The monoisotopic (exact) mass is 351 g/mol. The summed E-state index contributed by atoms with van der Waals surface area (Å²) in [5.41, 5.74) is 1.23. The zero-order valence-corrected chi connectivity index (χ0v) is 16.2. The zero-order valence-electron chi connectivity index (χ0n) is 16.2. The summed E-state index contributed by atoms with van der Waals surface area (Å²) in [5.74, 6) is 0.408. The second-order valence-corrected chi connectivity index (χ2v) is 7.31. The minimum atomic E-state index is -0.0366. The van der Waals surface area contributed by atoms with Crippen molar-refractivity contribution in [2.75, 3.05) is 40.3 Å². The van der Waals surface area contributed by atoms with E-state index in [4.69, 9.17) is 4.74 Å². The van der Waals surface area contributed by atoms with Gasteiger partial charge in [0.15, 0.2) is 0 Å². The van der Waals surface area contributed by atoms with Crippen molar-refractivity contribution in [1.82, 2.24) is 24.9 Å². The van der Waals surface area contributed by atoms with Crippen LogP contribution >= 0.6 is 0 Å². The van der Waals surface area contributed by atoms with Gasteiger partial charge in [0.25, 0.3) is 0 Å². The van der Waals surface area contributed by atoms with Crippen LogP contribution < -0.4 is 5.32 Å². The molecule has 142 valence electrons. The van der Waals surface area contributed by atoms with E-state index in [1.54, 1.807) is 4.90 Å². The maximum absolute atomic E-state index is 12.3. The van der Waals surface area contributed by atoms with Crippen LogP contribution in [0.25, 0.3) is 0 Å². The third-order valence-electron chi connectivity index (χ3n) is 4.76. The Bertz CT molecular complexity index is 545. The molecule has 2 heterocycles. The quantitative estimate of drug-likeness (QED) is 0.762. The van der Waals surface area contributed by atoms with Crippen molar-refractivity contribution in [3.05, 3.63) is 18.0 Å². The van der Waals surface area contributed by atoms with Crippen molar-refractivity contribution in [2.24, 2.45) is 13.0 Å². The van der Waals surface area contributed by atoms with Crippen LogP contribution in [0.15, 0.2) is 12.4 Å². The summed E-state index contributed by atoms with van der Waals surface area (Å²) < 4.78 is 7.31. The number of carbonyl (C=O) groups excluding carboxylic acids is 1. The Kier molecular flexibility index (Phi) is 7.25. The lowest BCUT2D eigenvalue weighted by molar-refractivity contribution is 0.0791. The lowest BCUT2D eigenvalue weighted by Gasteiger charge is -2.40. The Hall–Kier alpha value is -1.60. The van der Waals surface area contributed by atoms with Crippen LogP contribution in [0.2, 0.25) is 0 Å². The van der Waals surface area contributed by atoms with Gasteiger partial charge in [-0.1, -0.05) is 0 Å². The van der Waals surface area contributed by atoms with Crippen LogP contribution in [0.5, 0.6) is 0 Å². The van der Waals surface area contributed by atoms with E-state index in [2.05, 4.69) is 28.6 Å². The minimum absolute atomic E-state index is 0.0366. The van der Waals surface area contributed by atoms with Gasteiger partial charge in [0.1, 0.15) is 0 Å². The fourth-order valence-electron chi connectivity index (χ4n) is 3.59. The molecular formula is C18H33N5O2. The van der Waals surface area contributed by atoms with Crippen LogP contribution in [-0.2, 0) is 11.8 Å². The first-order chi connectivity index (χ1) is 11.9. The summed E-state index contributed by atoms with van der Waals surface area (Å²) in [7, 11) is 5.97. The van der Waals surface area contributed by atoms with Gasteiger partial charge in [0.05, 0.1) is 18.9 Å². The van der Waals surface area contributed by atoms with Crippen LogP contribution in [0.1, 0.15) is 38.3 Å². The molecular weight excluding hydrogens is 318 g/mol. The average Bonchev–Trinajstić information content (AvgIpc) is 2.97. The normalized spacial score (nSPS) is 21.5. The molecule has 1 aliphatic heterocycles. The molecule has 1 aliphatic rings. The highest BCUT2D eigenvalue weighted by atomic mass is 16.5. The van der Waals surface area contributed by atoms with Gasteiger partial charge in [0.2, 0.25) is 0 Å². The maximum atomic E-state index is 12.3. The lowest BCUT2D eigenvalue weighted by Crippen LogP contribution is -2.45. The summed E-state index contributed by atoms with van der Waals surface area (Å²) in [6, 6.07) is 0.271. The smallest absolute Gasteiger partial charge is 0.317 e. The van der Waals surface area contributed by atoms with Gasteiger partial charge in [-0.25, -0.2) is 4.79 Å². The Balaban J connectivity index is 1.90. The van der Waals surface area contributed by atoms with Crippen LogP contribution in [0, 0.1) is 5.92 Å². The number of hydrogen-bond acceptors (Lipinski definition) is 4. The van der Waals surface area contributed by atoms with E-state index in [1.807, 2.05) is 38.8 Å². The highest BCUT2D eigenvalue weighted by Gasteiger charge is 2.32. The summed E-state index contributed by atoms with van der Waals surface area (Å²) in [6.07, 6.45) is 6.51. The topological polar surface area (TPSA) is 62.6 Å². The van der Waals surface area contributed by atoms with E-state index in [1.165, 1.54) is 5.56 Å². The molecule has 0 radical (unpaired) electrons. The Morgan fingerprint density at radius 2 is 2.24 bits per heavy atom. The second kappa shape index (κ2) is 9.20. The molecule has 1 aromatic rings. The fourth-order valence-corrected chi connectivity index (χ4v) is 3.59. The molecule has 0 saturated carbocycles. The van der Waals surface area contributed by atoms with Gasteiger partial charge in [-0.2, -0.15) is 5.10 Å². The molecule has 0 aliphatic carbocycles. The number of carbonyl (C=O) groups is 1. The largest absolute Gasteiger partial charge is 0.377 e. The van der Waals surface area contributed by atoms with E-state index < -0.39 is 0 Å². The number of nitrogens with one attached hydrogen (secondary N) is 1. The van der Waals surface area contributed by atoms with Crippen molar-refractivity contribution in [3.8, 4) is 0 Å². The third-order valence-corrected chi connectivity index (χ3v) is 4.76. The average molecular weight is 351 g/mol. The van der Waals surface area contributed by atoms with Gasteiger partial charge in [0, 0.05) is 45.0 Å². The van der Waals surface area contributed by atoms with Gasteiger partial charge >= 0.3 is 6.03 Å². The molecule has 0 spiro atoms. The fraction of sp³-hybridized carbons (Fsp3) is 0.778. The molecule has 1 N–H and O–H groups in total. The van der Waals surface area contributed by atoms with Gasteiger partial charge < -0.3 is 15.0 Å². The maximum Gasteiger partial charge on any atom is 0.317 e. The number of rotatable bonds is 7. The standard InChI is InChI=1S/C18H33N5O2/c1-14(2)25-10-8-19-18(24)22(4)12-15-7-6-9-21(3)17(15)16-11-20-23(5)13-16/h11,13-15,17H,6-10,12H2,1-5H3,(H,19,24)/t15-,17+/m0/s1. The van der Waals surface area contributed by atoms with Crippen LogP contribution in [0.4, 0.5) is 4.79 Å². The molecule has 1 aromatic heterocycles. The molecule has 0 unspecified atom stereocenters. The number of aromatic nitrogens is 2. The number of likely N-dealkylation sites (tertiary alicyclic amines) is 1. The molecule has 1 saturated heterocycles. The number of hydrogen-bond donors (Lipinski definition) is 1. The first-order valence-electron chi connectivity index (χ1n) is 9.17. The van der Waals surface area contributed by atoms with E-state index in [0.717, 1.165) is 25.9 Å². The predicted octanol–water partition coefficient (Wildman–Crippen LogP) is 1.87. The van der Waals surface area contributed by atoms with E-state index in [9.17, 15) is 4.79 Å². The highest BCUT2D eigenvalue weighted by Crippen LogP contribution is 2.35. The van der Waals surface area contributed by atoms with Crippen molar-refractivity contribution in [1.29, 1.82) is 0 Å². The zero-order chi connectivity index (χ0) is 18.4. The number of aryl methyl sites for hydroxylation is 1. The number of ether oxygens (including phenoxy) is 1. The van der Waals surface area contributed by atoms with Crippen molar-refractivity contribution in [2.45, 2.75) is 38.8 Å². The van der Waals surface area contributed by atoms with Crippen molar-refractivity contribution < 1.29 is 9.53 Å². The van der Waals surface area contributed by atoms with Crippen LogP contribution in [-0.4, -0.2) is 72.1 Å². The molecule has 2 rings (SSSR count). The minimum Gasteiger partial charge on any atom is -0.377 e. The Labute approximate surface area is 151 Å². The molecule has 2 atom stereocenters. The SMILES string of the molecule is CC(C)OCCNC(=O)N(C)C[C@@H]1CCCN(C)[C@H]1c1cnn(C)c1. The van der Waals surface area contributed by atoms with E-state index in [-0.39, 0.29) is 12.1 Å². The lowest BCUT2D eigenvalue weighted by atomic mass is 9.86. The highest BCUT2D eigenvalue weighted by molar-refractivity contribution is 5.73. The first-order valence-corrected chi connectivity index (χ1v) is 9.17. The molecule has 7 nitrogen and oxygen atoms in total. The predicted molar refractivity (Wildman–Crippen MR) is 98.4 cm³/mol. The van der Waals surface area contributed by atoms with Gasteiger partial charge in [-0.3, -0.25) is 9.58 Å². The summed E-state index contributed by atoms with van der Waals surface area (Å²) in [5, 5.41) is 7.25. The Morgan fingerprint density at radius 1 is 1.48 bits per heavy atom. The van der Waals surface area contributed by atoms with Crippen molar-refractivity contribution in [3.63, 3.8) is 0 Å². The van der Waals surface area contributed by atoms with Crippen LogP contribution in [0.3, 0.4) is 0 Å². The van der Waals surface area contributed by atoms with Gasteiger partial charge in [-0.05, 0) is 46.2 Å². The van der Waals surface area contributed by atoms with E-state index >= 15 is 0 Å². The summed E-state index contributed by atoms with van der Waals surface area (Å²) in [4.78, 5) is 16.5. The first kappa shape index (κ1) is 19.7. The number of amides is 2. The van der Waals surface area contributed by atoms with E-state index in [0.29, 0.717) is 25.1 Å². The number of piperidine rings is 1. The summed E-state index contributed by atoms with van der Waals surface area (Å²) >= 11 is 0. The summed E-state index contributed by atoms with van der Waals surface area (Å²) in [6.45, 7) is 6.89. The molecule has 0 bridgehead atoms. The molecule has 25 heavy (non-hydrogen) atoms. The second-order valence-electron chi connectivity index (χ2n) is 7.31. The molecule has 7 heteroatoms. The number of urea groups is 1. The molecule has 0 aromatic carbocycles. The molecule has 2 amide bonds. The van der Waals surface area contributed by atoms with Gasteiger partial charge in [-0.15, -0.1) is 0 Å². The Morgan fingerprint density at radius 3 is 2.88 bits per heavy atom. The number of nitrogens with zero attached hydrogens (tertiary/aromatic N) is 4.